The fourth-order valence-corrected chi connectivity index (χ4v) is 0.0619. The maximum Gasteiger partial charge on any atom is 0.445 e. The van der Waals surface area contributed by atoms with Crippen molar-refractivity contribution < 1.29 is 22.0 Å². The second-order valence-electron chi connectivity index (χ2n) is 0.955. The van der Waals surface area contributed by atoms with Crippen LogP contribution in [0.1, 0.15) is 0 Å². The van der Waals surface area contributed by atoms with Gasteiger partial charge in [0.25, 0.3) is 0 Å². The van der Waals surface area contributed by atoms with Gasteiger partial charge in [0.05, 0.1) is 0 Å². The van der Waals surface area contributed by atoms with Crippen molar-refractivity contribution >= 4 is 0 Å². The molecule has 0 aliphatic rings. The van der Waals surface area contributed by atoms with Crippen LogP contribution in [0.5, 0.6) is 0 Å². The number of hydrogen-bond acceptors (Lipinski definition) is 0. The summed E-state index contributed by atoms with van der Waals surface area (Å²) < 4.78 is 53.9. The van der Waals surface area contributed by atoms with E-state index in [2.05, 4.69) is 0 Å². The quantitative estimate of drug-likeness (QED) is 0.443. The predicted octanol–water partition coefficient (Wildman–Crippen LogP) is 2.33. The Morgan fingerprint density at radius 2 is 1.62 bits per heavy atom. The van der Waals surface area contributed by atoms with E-state index in [0.717, 1.165) is 0 Å². The molecule has 0 fully saturated rings. The topological polar surface area (TPSA) is 0 Å². The van der Waals surface area contributed by atoms with Gasteiger partial charge in [0.15, 0.2) is 0 Å². The average Bonchev–Trinajstić information content (AvgIpc) is 1.62. The largest absolute Gasteiger partial charge is 0.445 e. The zero-order valence-electron chi connectivity index (χ0n) is 3.47. The molecule has 0 aromatic carbocycles. The van der Waals surface area contributed by atoms with Gasteiger partial charge < -0.3 is 0 Å². The molecular weight excluding hydrogens is 131 g/mol. The van der Waals surface area contributed by atoms with Gasteiger partial charge in [-0.2, -0.15) is 17.6 Å². The van der Waals surface area contributed by atoms with Crippen LogP contribution in [0.15, 0.2) is 12.2 Å². The second kappa shape index (κ2) is 2.11. The molecule has 0 atom stereocenters. The minimum Gasteiger partial charge on any atom is -0.212 e. The predicted molar refractivity (Wildman–Crippen MR) is 16.4 cm³/mol. The third kappa shape index (κ3) is 1.90. The molecule has 0 amide bonds. The van der Waals surface area contributed by atoms with Crippen molar-refractivity contribution in [2.75, 3.05) is 0 Å². The van der Waals surface area contributed by atoms with Gasteiger partial charge in [-0.15, -0.1) is 0 Å². The van der Waals surface area contributed by atoms with Gasteiger partial charge in [0.1, 0.15) is 6.33 Å². The molecule has 5 heteroatoms. The molecule has 0 rings (SSSR count). The van der Waals surface area contributed by atoms with E-state index in [1.165, 1.54) is 0 Å². The Labute approximate surface area is 41.6 Å². The summed E-state index contributed by atoms with van der Waals surface area (Å²) >= 11 is 0. The lowest BCUT2D eigenvalue weighted by Crippen LogP contribution is -2.06. The first-order valence-corrected chi connectivity index (χ1v) is 1.51. The minimum absolute atomic E-state index is 1.12. The molecule has 0 aliphatic carbocycles. The van der Waals surface area contributed by atoms with E-state index in [4.69, 9.17) is 0 Å². The van der Waals surface area contributed by atoms with Crippen LogP contribution < -0.4 is 0 Å². The van der Waals surface area contributed by atoms with Crippen LogP contribution in [-0.4, -0.2) is 6.18 Å². The van der Waals surface area contributed by atoms with Crippen LogP contribution in [0.25, 0.3) is 0 Å². The van der Waals surface area contributed by atoms with Crippen molar-refractivity contribution in [3.05, 3.63) is 12.2 Å². The first kappa shape index (κ1) is 7.39. The van der Waals surface area contributed by atoms with Gasteiger partial charge in [-0.3, -0.25) is 0 Å². The van der Waals surface area contributed by atoms with E-state index in [0.29, 0.717) is 0 Å². The standard InChI is InChI=1S/C3HF5/c4-1-2(5)3(6,7)8/h1H/b2-1-. The summed E-state index contributed by atoms with van der Waals surface area (Å²) in [6.45, 7) is 0. The molecule has 48 valence electrons. The Morgan fingerprint density at radius 3 is 1.62 bits per heavy atom. The van der Waals surface area contributed by atoms with Gasteiger partial charge >= 0.3 is 6.18 Å². The first-order valence-electron chi connectivity index (χ1n) is 1.51. The molecule has 0 saturated heterocycles. The van der Waals surface area contributed by atoms with Crippen molar-refractivity contribution in [1.82, 2.24) is 0 Å². The lowest BCUT2D eigenvalue weighted by Gasteiger charge is -1.97. The summed E-state index contributed by atoms with van der Waals surface area (Å²) in [4.78, 5) is 0. The van der Waals surface area contributed by atoms with E-state index in [9.17, 15) is 22.0 Å². The number of hydrogen-bond donors (Lipinski definition) is 0. The Hall–Kier alpha value is -0.610. The molecule has 0 N–H and O–H groups in total. The maximum atomic E-state index is 11.0. The molecule has 0 aliphatic heterocycles. The summed E-state index contributed by atoms with van der Waals surface area (Å²) in [5.41, 5.74) is 0. The zero-order chi connectivity index (χ0) is 6.78. The van der Waals surface area contributed by atoms with Crippen molar-refractivity contribution in [3.63, 3.8) is 0 Å². The Bertz CT molecular complexity index is 98.7. The number of allylic oxidation sites excluding steroid dienone is 1. The van der Waals surface area contributed by atoms with E-state index < -0.39 is 18.3 Å². The molecule has 0 bridgehead atoms. The number of rotatable bonds is 0. The van der Waals surface area contributed by atoms with Crippen LogP contribution in [0.3, 0.4) is 0 Å². The van der Waals surface area contributed by atoms with Gasteiger partial charge in [-0.05, 0) is 0 Å². The minimum atomic E-state index is -5.17. The molecule has 0 saturated carbocycles. The highest BCUT2D eigenvalue weighted by Gasteiger charge is 2.34. The summed E-state index contributed by atoms with van der Waals surface area (Å²) in [5, 5.41) is 0. The van der Waals surface area contributed by atoms with E-state index in [-0.39, 0.29) is 0 Å². The normalized spacial score (nSPS) is 14.4. The van der Waals surface area contributed by atoms with Crippen molar-refractivity contribution in [2.24, 2.45) is 0 Å². The van der Waals surface area contributed by atoms with Crippen molar-refractivity contribution in [3.8, 4) is 0 Å². The highest BCUT2D eigenvalue weighted by atomic mass is 19.4. The molecular formula is C3HF5. The zero-order valence-corrected chi connectivity index (χ0v) is 3.47. The smallest absolute Gasteiger partial charge is 0.212 e. The summed E-state index contributed by atoms with van der Waals surface area (Å²) in [5.74, 6) is -2.71. The fourth-order valence-electron chi connectivity index (χ4n) is 0.0619. The SMILES string of the molecule is F/C=C(\F)C(F)(F)F. The van der Waals surface area contributed by atoms with Crippen LogP contribution in [-0.2, 0) is 0 Å². The summed E-state index contributed by atoms with van der Waals surface area (Å²) in [7, 11) is 0. The van der Waals surface area contributed by atoms with Gasteiger partial charge in [-0.25, -0.2) is 4.39 Å². The molecule has 0 radical (unpaired) electrons. The van der Waals surface area contributed by atoms with E-state index in [1.807, 2.05) is 0 Å². The third-order valence-electron chi connectivity index (χ3n) is 0.367. The van der Waals surface area contributed by atoms with Gasteiger partial charge in [-0.1, -0.05) is 0 Å². The molecule has 0 spiro atoms. The van der Waals surface area contributed by atoms with Crippen LogP contribution >= 0.6 is 0 Å². The third-order valence-corrected chi connectivity index (χ3v) is 0.367. The van der Waals surface area contributed by atoms with Gasteiger partial charge in [0.2, 0.25) is 5.83 Å². The number of halogens is 5. The lowest BCUT2D eigenvalue weighted by atomic mass is 10.6. The Balaban J connectivity index is 4.03. The molecule has 0 nitrogen and oxygen atoms in total. The molecule has 8 heavy (non-hydrogen) atoms. The van der Waals surface area contributed by atoms with E-state index in [1.54, 1.807) is 0 Å². The van der Waals surface area contributed by atoms with Crippen LogP contribution in [0, 0.1) is 0 Å². The number of alkyl halides is 3. The second-order valence-corrected chi connectivity index (χ2v) is 0.955. The van der Waals surface area contributed by atoms with Crippen molar-refractivity contribution in [2.45, 2.75) is 6.18 Å². The Morgan fingerprint density at radius 1 is 1.25 bits per heavy atom. The van der Waals surface area contributed by atoms with Crippen molar-refractivity contribution in [1.29, 1.82) is 0 Å². The molecule has 0 unspecified atom stereocenters. The highest BCUT2D eigenvalue weighted by molar-refractivity contribution is 4.92. The summed E-state index contributed by atoms with van der Waals surface area (Å²) in [6.07, 6.45) is -6.30. The summed E-state index contributed by atoms with van der Waals surface area (Å²) in [6, 6.07) is 0. The molecule has 0 aromatic heterocycles. The monoisotopic (exact) mass is 132 g/mol. The van der Waals surface area contributed by atoms with Gasteiger partial charge in [0, 0.05) is 0 Å². The van der Waals surface area contributed by atoms with E-state index >= 15 is 0 Å². The molecule has 0 aromatic rings. The lowest BCUT2D eigenvalue weighted by molar-refractivity contribution is -0.109. The Kier molecular flexibility index (Phi) is 1.94. The molecule has 0 heterocycles. The first-order chi connectivity index (χ1) is 3.48. The fraction of sp³-hybridized carbons (Fsp3) is 0.333. The van der Waals surface area contributed by atoms with Crippen LogP contribution in [0.2, 0.25) is 0 Å². The maximum absolute atomic E-state index is 11.0. The average molecular weight is 132 g/mol. The highest BCUT2D eigenvalue weighted by Crippen LogP contribution is 2.25. The van der Waals surface area contributed by atoms with Crippen LogP contribution in [0.4, 0.5) is 22.0 Å².